The highest BCUT2D eigenvalue weighted by atomic mass is 16.1. The van der Waals surface area contributed by atoms with Crippen LogP contribution in [0.1, 0.15) is 5.56 Å². The Bertz CT molecular complexity index is 740. The van der Waals surface area contributed by atoms with Gasteiger partial charge >= 0.3 is 5.69 Å². The van der Waals surface area contributed by atoms with E-state index in [9.17, 15) is 4.79 Å². The van der Waals surface area contributed by atoms with Crippen molar-refractivity contribution in [3.63, 3.8) is 0 Å². The largest absolute Gasteiger partial charge is 0.325 e. The third-order valence-corrected chi connectivity index (χ3v) is 2.82. The topological polar surface area (TPSA) is 61.5 Å². The number of aryl methyl sites for hydroxylation is 1. The molecule has 0 radical (unpaired) electrons. The lowest BCUT2D eigenvalue weighted by molar-refractivity contribution is 1.20. The molecule has 0 bridgehead atoms. The Hall–Kier alpha value is -2.36. The molecule has 3 aromatic rings. The zero-order chi connectivity index (χ0) is 11.8. The van der Waals surface area contributed by atoms with Crippen molar-refractivity contribution in [3.05, 3.63) is 52.6 Å². The van der Waals surface area contributed by atoms with Crippen LogP contribution in [-0.2, 0) is 0 Å². The standard InChI is InChI=1S/C13H11N3O/c1-8-4-2-3-5-10(8)9-6-11-12(14-7-9)16-13(17)15-11/h2-7H,1H3,(H2,14,15,16,17). The molecule has 2 heterocycles. The molecule has 0 aliphatic heterocycles. The SMILES string of the molecule is Cc1ccccc1-c1cnc2[nH]c(=O)[nH]c2c1. The number of hydrogen-bond acceptors (Lipinski definition) is 2. The Morgan fingerprint density at radius 2 is 2.00 bits per heavy atom. The van der Waals surface area contributed by atoms with Crippen molar-refractivity contribution >= 4 is 11.2 Å². The number of benzene rings is 1. The van der Waals surface area contributed by atoms with E-state index in [4.69, 9.17) is 0 Å². The maximum absolute atomic E-state index is 11.2. The molecule has 4 nitrogen and oxygen atoms in total. The molecule has 17 heavy (non-hydrogen) atoms. The van der Waals surface area contributed by atoms with Crippen LogP contribution < -0.4 is 5.69 Å². The number of nitrogens with one attached hydrogen (secondary N) is 2. The lowest BCUT2D eigenvalue weighted by Gasteiger charge is -2.04. The number of hydrogen-bond donors (Lipinski definition) is 2. The molecule has 0 fully saturated rings. The number of aromatic nitrogens is 3. The van der Waals surface area contributed by atoms with E-state index >= 15 is 0 Å². The Morgan fingerprint density at radius 3 is 2.82 bits per heavy atom. The monoisotopic (exact) mass is 225 g/mol. The maximum atomic E-state index is 11.2. The summed E-state index contributed by atoms with van der Waals surface area (Å²) in [6, 6.07) is 10.0. The summed E-state index contributed by atoms with van der Waals surface area (Å²) < 4.78 is 0. The van der Waals surface area contributed by atoms with Crippen molar-refractivity contribution in [2.45, 2.75) is 6.92 Å². The average molecular weight is 225 g/mol. The van der Waals surface area contributed by atoms with E-state index in [1.165, 1.54) is 5.56 Å². The molecule has 0 saturated carbocycles. The first-order chi connectivity index (χ1) is 8.24. The van der Waals surface area contributed by atoms with Gasteiger partial charge in [0.1, 0.15) is 0 Å². The Balaban J connectivity index is 2.24. The number of rotatable bonds is 1. The molecule has 1 aromatic carbocycles. The quantitative estimate of drug-likeness (QED) is 0.667. The van der Waals surface area contributed by atoms with Gasteiger partial charge in [-0.05, 0) is 24.1 Å². The summed E-state index contributed by atoms with van der Waals surface area (Å²) >= 11 is 0. The highest BCUT2D eigenvalue weighted by Crippen LogP contribution is 2.23. The van der Waals surface area contributed by atoms with E-state index in [0.717, 1.165) is 16.6 Å². The lowest BCUT2D eigenvalue weighted by Crippen LogP contribution is -1.99. The maximum Gasteiger partial charge on any atom is 0.325 e. The molecular weight excluding hydrogens is 214 g/mol. The van der Waals surface area contributed by atoms with Gasteiger partial charge in [-0.25, -0.2) is 9.78 Å². The molecule has 2 aromatic heterocycles. The normalized spacial score (nSPS) is 10.9. The summed E-state index contributed by atoms with van der Waals surface area (Å²) in [5, 5.41) is 0. The zero-order valence-electron chi connectivity index (χ0n) is 9.32. The Labute approximate surface area is 97.3 Å². The summed E-state index contributed by atoms with van der Waals surface area (Å²) in [4.78, 5) is 20.7. The highest BCUT2D eigenvalue weighted by molar-refractivity contribution is 5.78. The number of imidazole rings is 1. The van der Waals surface area contributed by atoms with Crippen LogP contribution in [0.5, 0.6) is 0 Å². The predicted octanol–water partition coefficient (Wildman–Crippen LogP) is 2.23. The number of pyridine rings is 1. The van der Waals surface area contributed by atoms with Crippen LogP contribution in [0, 0.1) is 6.92 Å². The van der Waals surface area contributed by atoms with Crippen molar-refractivity contribution < 1.29 is 0 Å². The Kier molecular flexibility index (Phi) is 2.08. The molecule has 84 valence electrons. The first kappa shape index (κ1) is 9.84. The van der Waals surface area contributed by atoms with Gasteiger partial charge in [0, 0.05) is 11.8 Å². The van der Waals surface area contributed by atoms with Gasteiger partial charge in [0.2, 0.25) is 0 Å². The molecule has 0 saturated heterocycles. The second-order valence-electron chi connectivity index (χ2n) is 4.01. The highest BCUT2D eigenvalue weighted by Gasteiger charge is 2.04. The van der Waals surface area contributed by atoms with E-state index in [1.807, 2.05) is 24.3 Å². The molecule has 3 rings (SSSR count). The van der Waals surface area contributed by atoms with Gasteiger partial charge in [0.25, 0.3) is 0 Å². The Morgan fingerprint density at radius 1 is 1.18 bits per heavy atom. The molecule has 0 unspecified atom stereocenters. The van der Waals surface area contributed by atoms with Crippen molar-refractivity contribution in [2.24, 2.45) is 0 Å². The summed E-state index contributed by atoms with van der Waals surface area (Å²) in [7, 11) is 0. The molecule has 0 aliphatic carbocycles. The van der Waals surface area contributed by atoms with E-state index < -0.39 is 0 Å². The molecule has 0 amide bonds. The third-order valence-electron chi connectivity index (χ3n) is 2.82. The number of H-pyrrole nitrogens is 2. The minimum atomic E-state index is -0.227. The van der Waals surface area contributed by atoms with E-state index in [-0.39, 0.29) is 5.69 Å². The minimum Gasteiger partial charge on any atom is -0.304 e. The second-order valence-corrected chi connectivity index (χ2v) is 4.01. The second kappa shape index (κ2) is 3.59. The fourth-order valence-corrected chi connectivity index (χ4v) is 1.96. The van der Waals surface area contributed by atoms with Gasteiger partial charge < -0.3 is 4.98 Å². The van der Waals surface area contributed by atoms with Crippen molar-refractivity contribution in [1.82, 2.24) is 15.0 Å². The fourth-order valence-electron chi connectivity index (χ4n) is 1.96. The van der Waals surface area contributed by atoms with Gasteiger partial charge in [0.15, 0.2) is 5.65 Å². The van der Waals surface area contributed by atoms with Gasteiger partial charge in [-0.15, -0.1) is 0 Å². The molecule has 0 aliphatic rings. The van der Waals surface area contributed by atoms with Crippen LogP contribution in [0.3, 0.4) is 0 Å². The molecule has 2 N–H and O–H groups in total. The van der Waals surface area contributed by atoms with Crippen molar-refractivity contribution in [1.29, 1.82) is 0 Å². The van der Waals surface area contributed by atoms with Crippen molar-refractivity contribution in [2.75, 3.05) is 0 Å². The minimum absolute atomic E-state index is 0.227. The van der Waals surface area contributed by atoms with Crippen LogP contribution in [0.15, 0.2) is 41.3 Å². The molecule has 0 atom stereocenters. The van der Waals surface area contributed by atoms with Gasteiger partial charge in [0.05, 0.1) is 5.52 Å². The third kappa shape index (κ3) is 1.63. The van der Waals surface area contributed by atoms with Crippen LogP contribution in [0.2, 0.25) is 0 Å². The fraction of sp³-hybridized carbons (Fsp3) is 0.0769. The number of nitrogens with zero attached hydrogens (tertiary/aromatic N) is 1. The van der Waals surface area contributed by atoms with Crippen LogP contribution in [0.25, 0.3) is 22.3 Å². The van der Waals surface area contributed by atoms with E-state index in [2.05, 4.69) is 27.9 Å². The summed E-state index contributed by atoms with van der Waals surface area (Å²) in [5.74, 6) is 0. The summed E-state index contributed by atoms with van der Waals surface area (Å²) in [6.45, 7) is 2.05. The molecule has 0 spiro atoms. The zero-order valence-corrected chi connectivity index (χ0v) is 9.32. The summed E-state index contributed by atoms with van der Waals surface area (Å²) in [5.41, 5.74) is 4.42. The molecular formula is C13H11N3O. The lowest BCUT2D eigenvalue weighted by atomic mass is 10.0. The number of aromatic amines is 2. The first-order valence-corrected chi connectivity index (χ1v) is 5.38. The van der Waals surface area contributed by atoms with E-state index in [0.29, 0.717) is 5.65 Å². The summed E-state index contributed by atoms with van der Waals surface area (Å²) in [6.07, 6.45) is 1.77. The van der Waals surface area contributed by atoms with Gasteiger partial charge in [-0.1, -0.05) is 24.3 Å². The number of fused-ring (bicyclic) bond motifs is 1. The van der Waals surface area contributed by atoms with E-state index in [1.54, 1.807) is 6.20 Å². The van der Waals surface area contributed by atoms with Crippen LogP contribution in [0.4, 0.5) is 0 Å². The van der Waals surface area contributed by atoms with Gasteiger partial charge in [-0.2, -0.15) is 0 Å². The predicted molar refractivity (Wildman–Crippen MR) is 66.9 cm³/mol. The van der Waals surface area contributed by atoms with Crippen LogP contribution in [-0.4, -0.2) is 15.0 Å². The van der Waals surface area contributed by atoms with Gasteiger partial charge in [-0.3, -0.25) is 4.98 Å². The molecule has 4 heteroatoms. The smallest absolute Gasteiger partial charge is 0.304 e. The first-order valence-electron chi connectivity index (χ1n) is 5.38. The average Bonchev–Trinajstić information content (AvgIpc) is 2.68. The van der Waals surface area contributed by atoms with Crippen molar-refractivity contribution in [3.8, 4) is 11.1 Å². The van der Waals surface area contributed by atoms with Crippen LogP contribution >= 0.6 is 0 Å².